The lowest BCUT2D eigenvalue weighted by molar-refractivity contribution is 0.308. The molecule has 1 aromatic carbocycles. The predicted octanol–water partition coefficient (Wildman–Crippen LogP) is 2.77. The lowest BCUT2D eigenvalue weighted by Gasteiger charge is -2.07. The van der Waals surface area contributed by atoms with Crippen molar-refractivity contribution >= 4 is 11.6 Å². The van der Waals surface area contributed by atoms with E-state index in [0.29, 0.717) is 18.2 Å². The fraction of sp³-hybridized carbons (Fsp3) is 0.455. The zero-order valence-electron chi connectivity index (χ0n) is 8.42. The van der Waals surface area contributed by atoms with E-state index in [9.17, 15) is 0 Å². The molecule has 0 heterocycles. The maximum Gasteiger partial charge on any atom is 0.137 e. The second kappa shape index (κ2) is 5.89. The Balaban J connectivity index is 2.42. The second-order valence-corrected chi connectivity index (χ2v) is 3.69. The Hall–Kier alpha value is -0.730. The first kappa shape index (κ1) is 11.3. The number of benzene rings is 1. The van der Waals surface area contributed by atoms with Crippen LogP contribution in [0.5, 0.6) is 5.75 Å². The Bertz CT molecular complexity index is 289. The van der Waals surface area contributed by atoms with E-state index in [4.69, 9.17) is 22.1 Å². The van der Waals surface area contributed by atoms with Gasteiger partial charge in [-0.1, -0.05) is 17.7 Å². The Morgan fingerprint density at radius 3 is 2.79 bits per heavy atom. The Morgan fingerprint density at radius 1 is 1.36 bits per heavy atom. The van der Waals surface area contributed by atoms with Gasteiger partial charge in [0, 0.05) is 0 Å². The molecule has 0 aromatic heterocycles. The van der Waals surface area contributed by atoms with E-state index in [-0.39, 0.29) is 0 Å². The summed E-state index contributed by atoms with van der Waals surface area (Å²) in [6.07, 6.45) is 1.96. The van der Waals surface area contributed by atoms with Crippen LogP contribution < -0.4 is 10.5 Å². The van der Waals surface area contributed by atoms with E-state index < -0.39 is 0 Å². The molecule has 0 unspecified atom stereocenters. The number of ether oxygens (including phenoxy) is 1. The van der Waals surface area contributed by atoms with Crippen molar-refractivity contribution in [3.8, 4) is 5.75 Å². The molecule has 0 radical (unpaired) electrons. The van der Waals surface area contributed by atoms with Gasteiger partial charge in [-0.15, -0.1) is 0 Å². The lowest BCUT2D eigenvalue weighted by Crippen LogP contribution is -2.03. The van der Waals surface area contributed by atoms with Crippen LogP contribution in [0.3, 0.4) is 0 Å². The second-order valence-electron chi connectivity index (χ2n) is 3.28. The van der Waals surface area contributed by atoms with E-state index in [1.54, 1.807) is 0 Å². The fourth-order valence-electron chi connectivity index (χ4n) is 1.15. The number of hydrogen-bond acceptors (Lipinski definition) is 2. The highest BCUT2D eigenvalue weighted by Gasteiger charge is 2.00. The van der Waals surface area contributed by atoms with Crippen LogP contribution in [0.4, 0.5) is 0 Å². The van der Waals surface area contributed by atoms with Gasteiger partial charge in [-0.3, -0.25) is 0 Å². The summed E-state index contributed by atoms with van der Waals surface area (Å²) < 4.78 is 5.51. The van der Waals surface area contributed by atoms with Crippen LogP contribution in [-0.4, -0.2) is 13.2 Å². The molecule has 0 bridgehead atoms. The number of nitrogens with two attached hydrogens (primary N) is 1. The fourth-order valence-corrected chi connectivity index (χ4v) is 1.44. The summed E-state index contributed by atoms with van der Waals surface area (Å²) in [6, 6.07) is 5.80. The van der Waals surface area contributed by atoms with E-state index in [2.05, 4.69) is 0 Å². The van der Waals surface area contributed by atoms with E-state index in [0.717, 1.165) is 24.2 Å². The molecule has 0 fully saturated rings. The Morgan fingerprint density at radius 2 is 2.14 bits per heavy atom. The van der Waals surface area contributed by atoms with Gasteiger partial charge < -0.3 is 10.5 Å². The quantitative estimate of drug-likeness (QED) is 0.764. The van der Waals surface area contributed by atoms with Crippen molar-refractivity contribution in [1.29, 1.82) is 0 Å². The number of rotatable bonds is 5. The summed E-state index contributed by atoms with van der Waals surface area (Å²) in [6.45, 7) is 3.40. The zero-order valence-corrected chi connectivity index (χ0v) is 9.18. The summed E-state index contributed by atoms with van der Waals surface area (Å²) in [7, 11) is 0. The number of aryl methyl sites for hydroxylation is 1. The molecule has 0 aliphatic rings. The highest BCUT2D eigenvalue weighted by atomic mass is 35.5. The van der Waals surface area contributed by atoms with Crippen molar-refractivity contribution in [2.24, 2.45) is 5.73 Å². The Kier molecular flexibility index (Phi) is 4.77. The normalized spacial score (nSPS) is 10.2. The van der Waals surface area contributed by atoms with Crippen molar-refractivity contribution in [1.82, 2.24) is 0 Å². The van der Waals surface area contributed by atoms with Gasteiger partial charge in [0.1, 0.15) is 5.75 Å². The van der Waals surface area contributed by atoms with Crippen molar-refractivity contribution in [2.45, 2.75) is 19.8 Å². The van der Waals surface area contributed by atoms with Gasteiger partial charge in [-0.2, -0.15) is 0 Å². The maximum atomic E-state index is 5.99. The summed E-state index contributed by atoms with van der Waals surface area (Å²) in [5, 5.41) is 0.678. The van der Waals surface area contributed by atoms with Crippen LogP contribution in [-0.2, 0) is 0 Å². The molecule has 0 saturated heterocycles. The minimum absolute atomic E-state index is 0.678. The summed E-state index contributed by atoms with van der Waals surface area (Å²) in [5.41, 5.74) is 6.52. The maximum absolute atomic E-state index is 5.99. The third-order valence-corrected chi connectivity index (χ3v) is 2.24. The third kappa shape index (κ3) is 3.56. The standard InChI is InChI=1S/C11H16ClNO/c1-9-4-5-11(10(12)8-9)14-7-3-2-6-13/h4-5,8H,2-3,6-7,13H2,1H3. The molecule has 14 heavy (non-hydrogen) atoms. The molecule has 0 atom stereocenters. The van der Waals surface area contributed by atoms with Crippen LogP contribution >= 0.6 is 11.6 Å². The topological polar surface area (TPSA) is 35.2 Å². The van der Waals surface area contributed by atoms with Crippen molar-refractivity contribution in [2.75, 3.05) is 13.2 Å². The molecular formula is C11H16ClNO. The van der Waals surface area contributed by atoms with Gasteiger partial charge in [0.25, 0.3) is 0 Å². The number of unbranched alkanes of at least 4 members (excludes halogenated alkanes) is 1. The SMILES string of the molecule is Cc1ccc(OCCCCN)c(Cl)c1. The molecule has 0 amide bonds. The van der Waals surface area contributed by atoms with Crippen molar-refractivity contribution in [3.63, 3.8) is 0 Å². The van der Waals surface area contributed by atoms with Gasteiger partial charge in [0.2, 0.25) is 0 Å². The van der Waals surface area contributed by atoms with E-state index in [1.165, 1.54) is 0 Å². The number of hydrogen-bond donors (Lipinski definition) is 1. The van der Waals surface area contributed by atoms with E-state index in [1.807, 2.05) is 25.1 Å². The molecule has 1 aromatic rings. The third-order valence-electron chi connectivity index (χ3n) is 1.94. The average molecular weight is 214 g/mol. The van der Waals surface area contributed by atoms with Gasteiger partial charge in [-0.05, 0) is 44.0 Å². The minimum atomic E-state index is 0.678. The molecule has 0 aliphatic carbocycles. The summed E-state index contributed by atoms with van der Waals surface area (Å²) >= 11 is 5.99. The van der Waals surface area contributed by atoms with Gasteiger partial charge in [0.05, 0.1) is 11.6 Å². The summed E-state index contributed by atoms with van der Waals surface area (Å²) in [4.78, 5) is 0. The zero-order chi connectivity index (χ0) is 10.4. The van der Waals surface area contributed by atoms with Gasteiger partial charge >= 0.3 is 0 Å². The van der Waals surface area contributed by atoms with E-state index >= 15 is 0 Å². The molecule has 2 nitrogen and oxygen atoms in total. The highest BCUT2D eigenvalue weighted by Crippen LogP contribution is 2.25. The molecule has 0 aliphatic heterocycles. The average Bonchev–Trinajstić information content (AvgIpc) is 2.15. The van der Waals surface area contributed by atoms with Gasteiger partial charge in [0.15, 0.2) is 0 Å². The van der Waals surface area contributed by atoms with Crippen LogP contribution in [0.1, 0.15) is 18.4 Å². The van der Waals surface area contributed by atoms with Crippen LogP contribution in [0.25, 0.3) is 0 Å². The largest absolute Gasteiger partial charge is 0.492 e. The van der Waals surface area contributed by atoms with Crippen LogP contribution in [0, 0.1) is 6.92 Å². The minimum Gasteiger partial charge on any atom is -0.492 e. The predicted molar refractivity (Wildman–Crippen MR) is 60.0 cm³/mol. The molecule has 78 valence electrons. The van der Waals surface area contributed by atoms with Crippen molar-refractivity contribution in [3.05, 3.63) is 28.8 Å². The first-order valence-corrected chi connectivity index (χ1v) is 5.21. The first-order valence-electron chi connectivity index (χ1n) is 4.83. The molecule has 1 rings (SSSR count). The van der Waals surface area contributed by atoms with Crippen LogP contribution in [0.15, 0.2) is 18.2 Å². The monoisotopic (exact) mass is 213 g/mol. The molecule has 3 heteroatoms. The van der Waals surface area contributed by atoms with Crippen LogP contribution in [0.2, 0.25) is 5.02 Å². The smallest absolute Gasteiger partial charge is 0.137 e. The van der Waals surface area contributed by atoms with Gasteiger partial charge in [-0.25, -0.2) is 0 Å². The number of halogens is 1. The van der Waals surface area contributed by atoms with Crippen molar-refractivity contribution < 1.29 is 4.74 Å². The summed E-state index contributed by atoms with van der Waals surface area (Å²) in [5.74, 6) is 0.759. The lowest BCUT2D eigenvalue weighted by atomic mass is 10.2. The first-order chi connectivity index (χ1) is 6.74. The molecule has 0 saturated carbocycles. The molecule has 2 N–H and O–H groups in total. The Labute approximate surface area is 90.0 Å². The molecular weight excluding hydrogens is 198 g/mol. The highest BCUT2D eigenvalue weighted by molar-refractivity contribution is 6.32. The molecule has 0 spiro atoms.